The molecule has 0 saturated heterocycles. The summed E-state index contributed by atoms with van der Waals surface area (Å²) in [6.45, 7) is 4.00. The first-order valence-electron chi connectivity index (χ1n) is 5.17. The van der Waals surface area contributed by atoms with Crippen LogP contribution in [0.25, 0.3) is 0 Å². The summed E-state index contributed by atoms with van der Waals surface area (Å²) in [5, 5.41) is 11.8. The van der Waals surface area contributed by atoms with Gasteiger partial charge in [0, 0.05) is 23.8 Å². The topological polar surface area (TPSA) is 29.9 Å². The predicted octanol–water partition coefficient (Wildman–Crippen LogP) is 2.97. The van der Waals surface area contributed by atoms with Crippen LogP contribution in [0.5, 0.6) is 0 Å². The largest absolute Gasteiger partial charge is 0.379 e. The Bertz CT molecular complexity index is 392. The molecule has 0 aliphatic heterocycles. The van der Waals surface area contributed by atoms with Gasteiger partial charge in [0.05, 0.1) is 12.2 Å². The van der Waals surface area contributed by atoms with Gasteiger partial charge in [-0.2, -0.15) is 16.4 Å². The summed E-state index contributed by atoms with van der Waals surface area (Å²) in [5.74, 6) is 0. The Morgan fingerprint density at radius 1 is 1.47 bits per heavy atom. The van der Waals surface area contributed by atoms with Crippen LogP contribution in [-0.2, 0) is 13.1 Å². The average molecular weight is 221 g/mol. The number of aryl methyl sites for hydroxylation is 1. The van der Waals surface area contributed by atoms with Crippen LogP contribution in [-0.4, -0.2) is 9.78 Å². The first kappa shape index (κ1) is 10.2. The number of rotatable bonds is 5. The zero-order chi connectivity index (χ0) is 10.5. The molecule has 2 rings (SSSR count). The molecule has 2 aromatic rings. The third-order valence-corrected chi connectivity index (χ3v) is 2.92. The number of thiophene rings is 1. The van der Waals surface area contributed by atoms with Gasteiger partial charge in [-0.1, -0.05) is 6.92 Å². The summed E-state index contributed by atoms with van der Waals surface area (Å²) in [6.07, 6.45) is 2.98. The van der Waals surface area contributed by atoms with Gasteiger partial charge in [0.1, 0.15) is 0 Å². The zero-order valence-corrected chi connectivity index (χ0v) is 9.63. The van der Waals surface area contributed by atoms with E-state index in [2.05, 4.69) is 44.9 Å². The molecule has 0 aromatic carbocycles. The third kappa shape index (κ3) is 2.59. The van der Waals surface area contributed by atoms with E-state index in [9.17, 15) is 0 Å². The zero-order valence-electron chi connectivity index (χ0n) is 8.81. The van der Waals surface area contributed by atoms with Gasteiger partial charge in [0.2, 0.25) is 0 Å². The maximum Gasteiger partial charge on any atom is 0.0575 e. The maximum absolute atomic E-state index is 4.29. The van der Waals surface area contributed by atoms with E-state index in [-0.39, 0.29) is 0 Å². The second-order valence-electron chi connectivity index (χ2n) is 3.41. The number of hydrogen-bond acceptors (Lipinski definition) is 3. The summed E-state index contributed by atoms with van der Waals surface area (Å²) in [5.41, 5.74) is 2.42. The van der Waals surface area contributed by atoms with Crippen LogP contribution in [0.1, 0.15) is 19.0 Å². The minimum atomic E-state index is 0.844. The lowest BCUT2D eigenvalue weighted by molar-refractivity contribution is 0.578. The minimum absolute atomic E-state index is 0.844. The van der Waals surface area contributed by atoms with Crippen molar-refractivity contribution in [2.45, 2.75) is 26.4 Å². The number of nitrogens with one attached hydrogen (secondary N) is 1. The number of anilines is 1. The van der Waals surface area contributed by atoms with Gasteiger partial charge in [0.25, 0.3) is 0 Å². The van der Waals surface area contributed by atoms with Gasteiger partial charge in [-0.05, 0) is 23.9 Å². The second kappa shape index (κ2) is 4.98. The highest BCUT2D eigenvalue weighted by Crippen LogP contribution is 2.13. The van der Waals surface area contributed by atoms with E-state index in [1.54, 1.807) is 11.3 Å². The molecule has 0 saturated carbocycles. The summed E-state index contributed by atoms with van der Waals surface area (Å²) in [4.78, 5) is 0. The Hall–Kier alpha value is -1.29. The first-order valence-corrected chi connectivity index (χ1v) is 6.11. The number of aromatic nitrogens is 2. The summed E-state index contributed by atoms with van der Waals surface area (Å²) >= 11 is 1.71. The molecule has 0 aliphatic carbocycles. The Balaban J connectivity index is 1.95. The van der Waals surface area contributed by atoms with Crippen LogP contribution in [0.3, 0.4) is 0 Å². The molecular weight excluding hydrogens is 206 g/mol. The molecule has 0 unspecified atom stereocenters. The van der Waals surface area contributed by atoms with Crippen molar-refractivity contribution in [1.29, 1.82) is 0 Å². The fraction of sp³-hybridized carbons (Fsp3) is 0.364. The standard InChI is InChI=1S/C11H15N3S/c1-2-6-14-11(3-5-13-14)8-12-10-4-7-15-9-10/h3-5,7,9,12H,2,6,8H2,1H3. The van der Waals surface area contributed by atoms with Crippen LogP contribution in [0.15, 0.2) is 29.1 Å². The SMILES string of the molecule is CCCn1nccc1CNc1ccsc1. The monoisotopic (exact) mass is 221 g/mol. The van der Waals surface area contributed by atoms with Gasteiger partial charge >= 0.3 is 0 Å². The highest BCUT2D eigenvalue weighted by atomic mass is 32.1. The fourth-order valence-corrected chi connectivity index (χ4v) is 2.09. The van der Waals surface area contributed by atoms with Gasteiger partial charge in [0.15, 0.2) is 0 Å². The van der Waals surface area contributed by atoms with Crippen molar-refractivity contribution < 1.29 is 0 Å². The van der Waals surface area contributed by atoms with Crippen molar-refractivity contribution in [3.8, 4) is 0 Å². The van der Waals surface area contributed by atoms with E-state index in [0.717, 1.165) is 19.5 Å². The minimum Gasteiger partial charge on any atom is -0.379 e. The summed E-state index contributed by atoms with van der Waals surface area (Å²) in [7, 11) is 0. The molecule has 0 spiro atoms. The molecule has 2 aromatic heterocycles. The van der Waals surface area contributed by atoms with Gasteiger partial charge in [-0.3, -0.25) is 4.68 Å². The van der Waals surface area contributed by atoms with Crippen LogP contribution in [0.2, 0.25) is 0 Å². The van der Waals surface area contributed by atoms with Gasteiger partial charge in [-0.25, -0.2) is 0 Å². The second-order valence-corrected chi connectivity index (χ2v) is 4.19. The first-order chi connectivity index (χ1) is 7.40. The van der Waals surface area contributed by atoms with Crippen molar-refractivity contribution in [2.75, 3.05) is 5.32 Å². The number of hydrogen-bond donors (Lipinski definition) is 1. The van der Waals surface area contributed by atoms with E-state index >= 15 is 0 Å². The third-order valence-electron chi connectivity index (χ3n) is 2.23. The highest BCUT2D eigenvalue weighted by Gasteiger charge is 2.00. The molecule has 0 atom stereocenters. The van der Waals surface area contributed by atoms with Crippen molar-refractivity contribution >= 4 is 17.0 Å². The molecular formula is C11H15N3S. The van der Waals surface area contributed by atoms with E-state index in [0.29, 0.717) is 0 Å². The molecule has 0 bridgehead atoms. The smallest absolute Gasteiger partial charge is 0.0575 e. The summed E-state index contributed by atoms with van der Waals surface area (Å²) < 4.78 is 2.05. The molecule has 0 fully saturated rings. The average Bonchev–Trinajstić information content (AvgIpc) is 2.85. The normalized spacial score (nSPS) is 10.5. The molecule has 15 heavy (non-hydrogen) atoms. The molecule has 4 heteroatoms. The lowest BCUT2D eigenvalue weighted by atomic mass is 10.4. The molecule has 0 radical (unpaired) electrons. The molecule has 2 heterocycles. The molecule has 1 N–H and O–H groups in total. The van der Waals surface area contributed by atoms with Crippen molar-refractivity contribution in [3.05, 3.63) is 34.8 Å². The Kier molecular flexibility index (Phi) is 3.40. The molecule has 0 aliphatic rings. The van der Waals surface area contributed by atoms with Gasteiger partial charge in [-0.15, -0.1) is 0 Å². The molecule has 80 valence electrons. The lowest BCUT2D eigenvalue weighted by Crippen LogP contribution is -2.08. The maximum atomic E-state index is 4.29. The molecule has 3 nitrogen and oxygen atoms in total. The van der Waals surface area contributed by atoms with E-state index in [4.69, 9.17) is 0 Å². The Labute approximate surface area is 93.7 Å². The van der Waals surface area contributed by atoms with E-state index in [1.807, 2.05) is 6.20 Å². The fourth-order valence-electron chi connectivity index (χ4n) is 1.48. The van der Waals surface area contributed by atoms with E-state index < -0.39 is 0 Å². The predicted molar refractivity (Wildman–Crippen MR) is 64.2 cm³/mol. The van der Waals surface area contributed by atoms with Crippen LogP contribution in [0, 0.1) is 0 Å². The lowest BCUT2D eigenvalue weighted by Gasteiger charge is -2.07. The molecule has 0 amide bonds. The quantitative estimate of drug-likeness (QED) is 0.841. The van der Waals surface area contributed by atoms with Crippen LogP contribution in [0.4, 0.5) is 5.69 Å². The number of nitrogens with zero attached hydrogens (tertiary/aromatic N) is 2. The van der Waals surface area contributed by atoms with Crippen LogP contribution < -0.4 is 5.32 Å². The van der Waals surface area contributed by atoms with E-state index in [1.165, 1.54) is 11.4 Å². The Morgan fingerprint density at radius 3 is 3.13 bits per heavy atom. The Morgan fingerprint density at radius 2 is 2.40 bits per heavy atom. The van der Waals surface area contributed by atoms with Crippen molar-refractivity contribution in [1.82, 2.24) is 9.78 Å². The highest BCUT2D eigenvalue weighted by molar-refractivity contribution is 7.08. The van der Waals surface area contributed by atoms with Crippen molar-refractivity contribution in [3.63, 3.8) is 0 Å². The van der Waals surface area contributed by atoms with Crippen LogP contribution >= 0.6 is 11.3 Å². The summed E-state index contributed by atoms with van der Waals surface area (Å²) in [6, 6.07) is 4.15. The van der Waals surface area contributed by atoms with Gasteiger partial charge < -0.3 is 5.32 Å². The van der Waals surface area contributed by atoms with Crippen molar-refractivity contribution in [2.24, 2.45) is 0 Å².